The van der Waals surface area contributed by atoms with Gasteiger partial charge < -0.3 is 9.47 Å². The SMILES string of the molecule is CC(C)COC(=O)CCCCCCCCCCCC(C)CCC(=O)OCC(C)C. The molecule has 0 rings (SSSR count). The van der Waals surface area contributed by atoms with Crippen molar-refractivity contribution in [3.63, 3.8) is 0 Å². The van der Waals surface area contributed by atoms with E-state index in [1.54, 1.807) is 0 Å². The zero-order valence-electron chi connectivity index (χ0n) is 20.0. The minimum absolute atomic E-state index is 0.0413. The van der Waals surface area contributed by atoms with E-state index in [1.165, 1.54) is 51.4 Å². The summed E-state index contributed by atoms with van der Waals surface area (Å²) in [5.74, 6) is 1.35. The summed E-state index contributed by atoms with van der Waals surface area (Å²) < 4.78 is 10.4. The van der Waals surface area contributed by atoms with Crippen LogP contribution >= 0.6 is 0 Å². The van der Waals surface area contributed by atoms with Crippen LogP contribution in [0.1, 0.15) is 118 Å². The van der Waals surface area contributed by atoms with Crippen LogP contribution < -0.4 is 0 Å². The van der Waals surface area contributed by atoms with E-state index in [4.69, 9.17) is 9.47 Å². The number of carbonyl (C=O) groups excluding carboxylic acids is 2. The largest absolute Gasteiger partial charge is 0.465 e. The van der Waals surface area contributed by atoms with E-state index in [0.717, 1.165) is 19.3 Å². The van der Waals surface area contributed by atoms with Gasteiger partial charge in [-0.1, -0.05) is 92.4 Å². The van der Waals surface area contributed by atoms with Crippen LogP contribution in [-0.4, -0.2) is 25.2 Å². The molecule has 0 aliphatic rings. The van der Waals surface area contributed by atoms with Crippen molar-refractivity contribution in [3.8, 4) is 0 Å². The van der Waals surface area contributed by atoms with E-state index in [1.807, 2.05) is 0 Å². The lowest BCUT2D eigenvalue weighted by Crippen LogP contribution is -2.11. The second-order valence-electron chi connectivity index (χ2n) is 9.52. The Bertz CT molecular complexity index is 404. The smallest absolute Gasteiger partial charge is 0.305 e. The Morgan fingerprint density at radius 3 is 1.45 bits per heavy atom. The van der Waals surface area contributed by atoms with Gasteiger partial charge in [-0.15, -0.1) is 0 Å². The van der Waals surface area contributed by atoms with Crippen molar-refractivity contribution in [2.45, 2.75) is 118 Å². The third-order valence-electron chi connectivity index (χ3n) is 5.07. The maximum Gasteiger partial charge on any atom is 0.305 e. The summed E-state index contributed by atoms with van der Waals surface area (Å²) in [6.45, 7) is 11.6. The van der Waals surface area contributed by atoms with Gasteiger partial charge in [0.1, 0.15) is 0 Å². The summed E-state index contributed by atoms with van der Waals surface area (Å²) in [7, 11) is 0. The molecule has 4 heteroatoms. The van der Waals surface area contributed by atoms with Gasteiger partial charge in [0.05, 0.1) is 13.2 Å². The van der Waals surface area contributed by atoms with Crippen LogP contribution in [0.15, 0.2) is 0 Å². The Morgan fingerprint density at radius 1 is 0.552 bits per heavy atom. The highest BCUT2D eigenvalue weighted by molar-refractivity contribution is 5.69. The molecule has 0 bridgehead atoms. The molecule has 4 nitrogen and oxygen atoms in total. The van der Waals surface area contributed by atoms with E-state index in [0.29, 0.717) is 43.8 Å². The van der Waals surface area contributed by atoms with Crippen LogP contribution in [-0.2, 0) is 19.1 Å². The Labute approximate surface area is 180 Å². The molecule has 29 heavy (non-hydrogen) atoms. The van der Waals surface area contributed by atoms with Gasteiger partial charge in [0.15, 0.2) is 0 Å². The van der Waals surface area contributed by atoms with Gasteiger partial charge in [-0.3, -0.25) is 9.59 Å². The Morgan fingerprint density at radius 2 is 0.966 bits per heavy atom. The summed E-state index contributed by atoms with van der Waals surface area (Å²) in [6, 6.07) is 0. The van der Waals surface area contributed by atoms with Crippen molar-refractivity contribution in [2.24, 2.45) is 17.8 Å². The molecule has 0 amide bonds. The molecule has 0 fully saturated rings. The number of carbonyl (C=O) groups is 2. The number of rotatable bonds is 19. The number of ether oxygens (including phenoxy) is 2. The second-order valence-corrected chi connectivity index (χ2v) is 9.52. The van der Waals surface area contributed by atoms with Crippen molar-refractivity contribution in [1.29, 1.82) is 0 Å². The van der Waals surface area contributed by atoms with Crippen molar-refractivity contribution >= 4 is 11.9 Å². The van der Waals surface area contributed by atoms with E-state index in [9.17, 15) is 9.59 Å². The molecule has 0 radical (unpaired) electrons. The van der Waals surface area contributed by atoms with Crippen molar-refractivity contribution in [3.05, 3.63) is 0 Å². The highest BCUT2D eigenvalue weighted by Crippen LogP contribution is 2.17. The molecule has 0 aromatic heterocycles. The third-order valence-corrected chi connectivity index (χ3v) is 5.07. The topological polar surface area (TPSA) is 52.6 Å². The molecule has 0 heterocycles. The summed E-state index contributed by atoms with van der Waals surface area (Å²) in [5.41, 5.74) is 0. The lowest BCUT2D eigenvalue weighted by molar-refractivity contribution is -0.145. The second kappa shape index (κ2) is 18.9. The number of hydrogen-bond donors (Lipinski definition) is 0. The molecule has 0 saturated carbocycles. The molecular formula is C25H48O4. The Kier molecular flexibility index (Phi) is 18.2. The zero-order chi connectivity index (χ0) is 21.9. The summed E-state index contributed by atoms with van der Waals surface area (Å²) >= 11 is 0. The minimum atomic E-state index is -0.0435. The average Bonchev–Trinajstić information content (AvgIpc) is 2.67. The van der Waals surface area contributed by atoms with Crippen LogP contribution in [0, 0.1) is 17.8 Å². The highest BCUT2D eigenvalue weighted by atomic mass is 16.5. The Balaban J connectivity index is 3.34. The van der Waals surface area contributed by atoms with Crippen LogP contribution in [0.25, 0.3) is 0 Å². The molecule has 0 saturated heterocycles. The quantitative estimate of drug-likeness (QED) is 0.168. The standard InChI is InChI=1S/C25H48O4/c1-21(2)19-28-24(26)16-14-12-10-8-6-7-9-11-13-15-23(5)17-18-25(27)29-20-22(3)4/h21-23H,6-20H2,1-5H3. The molecule has 0 aliphatic carbocycles. The first-order valence-corrected chi connectivity index (χ1v) is 12.1. The number of unbranched alkanes of at least 4 members (excludes halogenated alkanes) is 8. The molecule has 172 valence electrons. The molecule has 1 atom stereocenters. The average molecular weight is 413 g/mol. The summed E-state index contributed by atoms with van der Waals surface area (Å²) in [6.07, 6.45) is 14.4. The van der Waals surface area contributed by atoms with Crippen LogP contribution in [0.5, 0.6) is 0 Å². The predicted octanol–water partition coefficient (Wildman–Crippen LogP) is 7.09. The lowest BCUT2D eigenvalue weighted by atomic mass is 9.97. The van der Waals surface area contributed by atoms with E-state index >= 15 is 0 Å². The maximum atomic E-state index is 11.6. The first-order chi connectivity index (χ1) is 13.8. The molecule has 0 spiro atoms. The zero-order valence-corrected chi connectivity index (χ0v) is 20.0. The molecule has 1 unspecified atom stereocenters. The van der Waals surface area contributed by atoms with E-state index in [-0.39, 0.29) is 11.9 Å². The maximum absolute atomic E-state index is 11.6. The van der Waals surface area contributed by atoms with Gasteiger partial charge in [-0.05, 0) is 30.6 Å². The van der Waals surface area contributed by atoms with Gasteiger partial charge in [-0.2, -0.15) is 0 Å². The molecular weight excluding hydrogens is 364 g/mol. The third kappa shape index (κ3) is 21.5. The van der Waals surface area contributed by atoms with Gasteiger partial charge in [0, 0.05) is 12.8 Å². The normalized spacial score (nSPS) is 12.4. The van der Waals surface area contributed by atoms with Gasteiger partial charge in [-0.25, -0.2) is 0 Å². The van der Waals surface area contributed by atoms with Crippen molar-refractivity contribution < 1.29 is 19.1 Å². The monoisotopic (exact) mass is 412 g/mol. The first-order valence-electron chi connectivity index (χ1n) is 12.1. The number of hydrogen-bond acceptors (Lipinski definition) is 4. The molecule has 0 aliphatic heterocycles. The lowest BCUT2D eigenvalue weighted by Gasteiger charge is -2.11. The highest BCUT2D eigenvalue weighted by Gasteiger charge is 2.08. The molecule has 0 aromatic rings. The first kappa shape index (κ1) is 27.9. The van der Waals surface area contributed by atoms with Crippen LogP contribution in [0.2, 0.25) is 0 Å². The van der Waals surface area contributed by atoms with E-state index < -0.39 is 0 Å². The molecule has 0 aromatic carbocycles. The van der Waals surface area contributed by atoms with Gasteiger partial charge in [0.25, 0.3) is 0 Å². The fourth-order valence-corrected chi connectivity index (χ4v) is 3.17. The summed E-state index contributed by atoms with van der Waals surface area (Å²) in [5, 5.41) is 0. The van der Waals surface area contributed by atoms with Gasteiger partial charge in [0.2, 0.25) is 0 Å². The van der Waals surface area contributed by atoms with Crippen molar-refractivity contribution in [1.82, 2.24) is 0 Å². The van der Waals surface area contributed by atoms with Crippen LogP contribution in [0.3, 0.4) is 0 Å². The van der Waals surface area contributed by atoms with E-state index in [2.05, 4.69) is 34.6 Å². The predicted molar refractivity (Wildman–Crippen MR) is 121 cm³/mol. The fourth-order valence-electron chi connectivity index (χ4n) is 3.17. The Hall–Kier alpha value is -1.06. The van der Waals surface area contributed by atoms with Gasteiger partial charge >= 0.3 is 11.9 Å². The van der Waals surface area contributed by atoms with Crippen LogP contribution in [0.4, 0.5) is 0 Å². The molecule has 0 N–H and O–H groups in total. The summed E-state index contributed by atoms with van der Waals surface area (Å²) in [4.78, 5) is 23.1. The number of esters is 2. The van der Waals surface area contributed by atoms with Crippen molar-refractivity contribution in [2.75, 3.05) is 13.2 Å². The minimum Gasteiger partial charge on any atom is -0.465 e. The fraction of sp³-hybridized carbons (Fsp3) is 0.920.